The van der Waals surface area contributed by atoms with E-state index in [0.29, 0.717) is 36.0 Å². The van der Waals surface area contributed by atoms with Gasteiger partial charge in [-0.25, -0.2) is 9.97 Å². The third kappa shape index (κ3) is 2.84. The lowest BCUT2D eigenvalue weighted by Crippen LogP contribution is -2.43. The van der Waals surface area contributed by atoms with Crippen LogP contribution in [0.1, 0.15) is 10.4 Å². The molecule has 1 aliphatic heterocycles. The van der Waals surface area contributed by atoms with Crippen molar-refractivity contribution in [3.8, 4) is 5.75 Å². The molecule has 0 saturated carbocycles. The molecule has 4 aromatic rings. The maximum atomic E-state index is 13.6. The van der Waals surface area contributed by atoms with Crippen LogP contribution in [-0.2, 0) is 0 Å². The number of methoxy groups -OCH3 is 1. The van der Waals surface area contributed by atoms with Crippen molar-refractivity contribution in [1.29, 1.82) is 0 Å². The number of likely N-dealkylation sites (N-methyl/N-ethyl adjacent to an activating group) is 1. The molecule has 5 rings (SSSR count). The van der Waals surface area contributed by atoms with Gasteiger partial charge in [-0.2, -0.15) is 0 Å². The van der Waals surface area contributed by atoms with E-state index in [1.54, 1.807) is 12.0 Å². The minimum absolute atomic E-state index is 0.133. The third-order valence-corrected chi connectivity index (χ3v) is 5.35. The number of nitrogens with zero attached hydrogens (tertiary/aromatic N) is 4. The Morgan fingerprint density at radius 1 is 0.897 bits per heavy atom. The van der Waals surface area contributed by atoms with E-state index < -0.39 is 0 Å². The highest BCUT2D eigenvalue weighted by molar-refractivity contribution is 6.11. The van der Waals surface area contributed by atoms with Crippen LogP contribution in [0.4, 0.5) is 11.6 Å². The van der Waals surface area contributed by atoms with Crippen molar-refractivity contribution < 1.29 is 9.53 Å². The highest BCUT2D eigenvalue weighted by Crippen LogP contribution is 2.34. The topological polar surface area (TPSA) is 58.6 Å². The Morgan fingerprint density at radius 3 is 2.21 bits per heavy atom. The highest BCUT2D eigenvalue weighted by Gasteiger charge is 2.30. The number of ether oxygens (including phenoxy) is 1. The van der Waals surface area contributed by atoms with Crippen LogP contribution in [0.3, 0.4) is 0 Å². The van der Waals surface area contributed by atoms with Crippen molar-refractivity contribution in [1.82, 2.24) is 9.97 Å². The van der Waals surface area contributed by atoms with Gasteiger partial charge in [-0.1, -0.05) is 36.4 Å². The van der Waals surface area contributed by atoms with E-state index >= 15 is 0 Å². The number of carbonyl (C=O) groups is 1. The maximum Gasteiger partial charge on any atom is 0.263 e. The second-order valence-corrected chi connectivity index (χ2v) is 7.14. The standard InChI is InChI=1S/C23H20N4O2/c1-26-11-12-27(22-21(26)24-18-9-5-6-10-19(18)25-22)23(28)17-13-15-7-3-4-8-16(15)14-20(17)29-2/h3-10,13-14H,11-12H2,1-2H3. The lowest BCUT2D eigenvalue weighted by molar-refractivity contribution is 0.0983. The lowest BCUT2D eigenvalue weighted by atomic mass is 10.0. The van der Waals surface area contributed by atoms with Crippen LogP contribution in [0.5, 0.6) is 5.75 Å². The van der Waals surface area contributed by atoms with Gasteiger partial charge in [0.2, 0.25) is 0 Å². The Bertz CT molecular complexity index is 1250. The van der Waals surface area contributed by atoms with Gasteiger partial charge in [0.05, 0.1) is 23.7 Å². The second kappa shape index (κ2) is 6.74. The summed E-state index contributed by atoms with van der Waals surface area (Å²) in [5, 5.41) is 2.03. The van der Waals surface area contributed by atoms with Crippen molar-refractivity contribution >= 4 is 39.3 Å². The molecule has 0 aliphatic carbocycles. The zero-order chi connectivity index (χ0) is 20.0. The van der Waals surface area contributed by atoms with Crippen LogP contribution in [0.2, 0.25) is 0 Å². The van der Waals surface area contributed by atoms with Crippen molar-refractivity contribution in [2.45, 2.75) is 0 Å². The molecular weight excluding hydrogens is 364 g/mol. The van der Waals surface area contributed by atoms with E-state index in [9.17, 15) is 4.79 Å². The van der Waals surface area contributed by atoms with Gasteiger partial charge in [0.1, 0.15) is 5.75 Å². The summed E-state index contributed by atoms with van der Waals surface area (Å²) in [6.45, 7) is 1.22. The Labute approximate surface area is 168 Å². The van der Waals surface area contributed by atoms with Crippen LogP contribution in [0.25, 0.3) is 21.8 Å². The number of anilines is 2. The number of carbonyl (C=O) groups excluding carboxylic acids is 1. The number of hydrogen-bond donors (Lipinski definition) is 0. The molecule has 144 valence electrons. The van der Waals surface area contributed by atoms with Crippen molar-refractivity contribution in [3.05, 3.63) is 66.2 Å². The number of fused-ring (bicyclic) bond motifs is 3. The number of hydrogen-bond acceptors (Lipinski definition) is 5. The zero-order valence-corrected chi connectivity index (χ0v) is 16.3. The normalized spacial score (nSPS) is 13.6. The SMILES string of the molecule is COc1cc2ccccc2cc1C(=O)N1CCN(C)c2nc3ccccc3nc21. The van der Waals surface area contributed by atoms with Crippen LogP contribution in [0.15, 0.2) is 60.7 Å². The van der Waals surface area contributed by atoms with Gasteiger partial charge in [0.25, 0.3) is 5.91 Å². The van der Waals surface area contributed by atoms with E-state index in [1.807, 2.05) is 72.6 Å². The number of benzene rings is 3. The molecule has 29 heavy (non-hydrogen) atoms. The molecule has 1 aromatic heterocycles. The Morgan fingerprint density at radius 2 is 1.52 bits per heavy atom. The largest absolute Gasteiger partial charge is 0.496 e. The van der Waals surface area contributed by atoms with Gasteiger partial charge in [-0.3, -0.25) is 9.69 Å². The molecule has 0 atom stereocenters. The summed E-state index contributed by atoms with van der Waals surface area (Å²) in [6, 6.07) is 19.5. The smallest absolute Gasteiger partial charge is 0.263 e. The molecule has 6 nitrogen and oxygen atoms in total. The average molecular weight is 384 g/mol. The molecule has 2 heterocycles. The number of aromatic nitrogens is 2. The fourth-order valence-electron chi connectivity index (χ4n) is 3.78. The first-order valence-corrected chi connectivity index (χ1v) is 9.52. The summed E-state index contributed by atoms with van der Waals surface area (Å²) in [5.74, 6) is 1.72. The summed E-state index contributed by atoms with van der Waals surface area (Å²) in [6.07, 6.45) is 0. The minimum Gasteiger partial charge on any atom is -0.496 e. The Kier molecular flexibility index (Phi) is 4.05. The van der Waals surface area contributed by atoms with Crippen molar-refractivity contribution in [3.63, 3.8) is 0 Å². The van der Waals surface area contributed by atoms with Gasteiger partial charge >= 0.3 is 0 Å². The quantitative estimate of drug-likeness (QED) is 0.525. The second-order valence-electron chi connectivity index (χ2n) is 7.14. The first kappa shape index (κ1) is 17.4. The Hall–Kier alpha value is -3.67. The van der Waals surface area contributed by atoms with Crippen molar-refractivity contribution in [2.75, 3.05) is 37.0 Å². The fraction of sp³-hybridized carbons (Fsp3) is 0.174. The summed E-state index contributed by atoms with van der Waals surface area (Å²) in [5.41, 5.74) is 2.11. The van der Waals surface area contributed by atoms with Gasteiger partial charge in [-0.05, 0) is 35.0 Å². The van der Waals surface area contributed by atoms with Gasteiger partial charge in [0, 0.05) is 20.1 Å². The zero-order valence-electron chi connectivity index (χ0n) is 16.3. The molecule has 1 aliphatic rings. The van der Waals surface area contributed by atoms with Gasteiger partial charge < -0.3 is 9.64 Å². The molecule has 3 aromatic carbocycles. The maximum absolute atomic E-state index is 13.6. The van der Waals surface area contributed by atoms with Gasteiger partial charge in [0.15, 0.2) is 11.6 Å². The first-order chi connectivity index (χ1) is 14.2. The summed E-state index contributed by atoms with van der Waals surface area (Å²) < 4.78 is 5.55. The number of amides is 1. The van der Waals surface area contributed by atoms with E-state index in [2.05, 4.69) is 0 Å². The summed E-state index contributed by atoms with van der Waals surface area (Å²) in [4.78, 5) is 26.9. The molecule has 0 unspecified atom stereocenters. The molecule has 0 fully saturated rings. The predicted molar refractivity (Wildman–Crippen MR) is 115 cm³/mol. The molecule has 1 amide bonds. The Balaban J connectivity index is 1.65. The van der Waals surface area contributed by atoms with Crippen LogP contribution >= 0.6 is 0 Å². The fourth-order valence-corrected chi connectivity index (χ4v) is 3.78. The van der Waals surface area contributed by atoms with Crippen LogP contribution < -0.4 is 14.5 Å². The van der Waals surface area contributed by atoms with E-state index in [0.717, 1.165) is 21.8 Å². The van der Waals surface area contributed by atoms with E-state index in [1.165, 1.54) is 0 Å². The molecular formula is C23H20N4O2. The molecule has 0 N–H and O–H groups in total. The summed E-state index contributed by atoms with van der Waals surface area (Å²) >= 11 is 0. The molecule has 0 saturated heterocycles. The predicted octanol–water partition coefficient (Wildman–Crippen LogP) is 3.89. The van der Waals surface area contributed by atoms with Crippen molar-refractivity contribution in [2.24, 2.45) is 0 Å². The minimum atomic E-state index is -0.133. The number of para-hydroxylation sites is 2. The van der Waals surface area contributed by atoms with Crippen LogP contribution in [0, 0.1) is 0 Å². The highest BCUT2D eigenvalue weighted by atomic mass is 16.5. The third-order valence-electron chi connectivity index (χ3n) is 5.35. The number of rotatable bonds is 2. The molecule has 0 radical (unpaired) electrons. The van der Waals surface area contributed by atoms with E-state index in [-0.39, 0.29) is 5.91 Å². The molecule has 6 heteroatoms. The molecule has 0 bridgehead atoms. The lowest BCUT2D eigenvalue weighted by Gasteiger charge is -2.34. The molecule has 0 spiro atoms. The van der Waals surface area contributed by atoms with E-state index in [4.69, 9.17) is 14.7 Å². The summed E-state index contributed by atoms with van der Waals surface area (Å²) in [7, 11) is 3.56. The van der Waals surface area contributed by atoms with Gasteiger partial charge in [-0.15, -0.1) is 0 Å². The first-order valence-electron chi connectivity index (χ1n) is 9.52. The average Bonchev–Trinajstić information content (AvgIpc) is 2.77. The van der Waals surface area contributed by atoms with Crippen LogP contribution in [-0.4, -0.2) is 43.1 Å². The monoisotopic (exact) mass is 384 g/mol.